The summed E-state index contributed by atoms with van der Waals surface area (Å²) in [5.41, 5.74) is 2.10. The Kier molecular flexibility index (Phi) is 5.41. The fourth-order valence-corrected chi connectivity index (χ4v) is 2.41. The Morgan fingerprint density at radius 3 is 2.37 bits per heavy atom. The van der Waals surface area contributed by atoms with Crippen molar-refractivity contribution in [1.82, 2.24) is 9.97 Å². The number of hydrogen-bond acceptors (Lipinski definition) is 6. The van der Waals surface area contributed by atoms with E-state index in [0.717, 1.165) is 5.69 Å². The predicted octanol–water partition coefficient (Wildman–Crippen LogP) is 3.28. The number of amides is 1. The molecular weight excluding hydrogens is 344 g/mol. The topological polar surface area (TPSA) is 84.4 Å². The number of methoxy groups -OCH3 is 1. The van der Waals surface area contributed by atoms with Gasteiger partial charge in [-0.1, -0.05) is 18.2 Å². The van der Waals surface area contributed by atoms with E-state index in [1.165, 1.54) is 13.3 Å². The highest BCUT2D eigenvalue weighted by Crippen LogP contribution is 2.19. The fraction of sp³-hybridized carbons (Fsp3) is 0.100. The van der Waals surface area contributed by atoms with E-state index >= 15 is 0 Å². The molecule has 0 bridgehead atoms. The summed E-state index contributed by atoms with van der Waals surface area (Å²) in [6, 6.07) is 17.6. The van der Waals surface area contributed by atoms with Crippen molar-refractivity contribution in [3.05, 3.63) is 78.1 Å². The number of esters is 1. The molecule has 3 rings (SSSR count). The van der Waals surface area contributed by atoms with Crippen molar-refractivity contribution in [2.75, 3.05) is 24.4 Å². The van der Waals surface area contributed by atoms with Crippen LogP contribution in [-0.4, -0.2) is 36.0 Å². The zero-order valence-corrected chi connectivity index (χ0v) is 14.9. The van der Waals surface area contributed by atoms with E-state index in [1.807, 2.05) is 37.4 Å². The Balaban J connectivity index is 1.75. The lowest BCUT2D eigenvalue weighted by Gasteiger charge is -2.17. The van der Waals surface area contributed by atoms with Gasteiger partial charge in [0.15, 0.2) is 0 Å². The molecule has 1 N–H and O–H groups in total. The van der Waals surface area contributed by atoms with Crippen LogP contribution in [0, 0.1) is 0 Å². The molecule has 2 aromatic carbocycles. The number of rotatable bonds is 5. The molecule has 7 nitrogen and oxygen atoms in total. The first-order valence-corrected chi connectivity index (χ1v) is 8.20. The summed E-state index contributed by atoms with van der Waals surface area (Å²) < 4.78 is 4.65. The van der Waals surface area contributed by atoms with Crippen LogP contribution in [-0.2, 0) is 4.74 Å². The summed E-state index contributed by atoms with van der Waals surface area (Å²) in [6.07, 6.45) is 1.54. The number of benzene rings is 2. The standard InChI is InChI=1S/C20H18N4O3/c1-24(16-6-4-3-5-7-16)20-21-13-12-17(23-20)18(25)22-15-10-8-14(9-11-15)19(26)27-2/h3-13H,1-2H3,(H,22,25). The lowest BCUT2D eigenvalue weighted by atomic mass is 10.2. The third-order valence-electron chi connectivity index (χ3n) is 3.88. The van der Waals surface area contributed by atoms with Crippen molar-refractivity contribution in [2.24, 2.45) is 0 Å². The number of aromatic nitrogens is 2. The number of ether oxygens (including phenoxy) is 1. The van der Waals surface area contributed by atoms with Gasteiger partial charge in [0.05, 0.1) is 12.7 Å². The molecule has 0 unspecified atom stereocenters. The van der Waals surface area contributed by atoms with Gasteiger partial charge in [0, 0.05) is 24.6 Å². The van der Waals surface area contributed by atoms with Crippen LogP contribution in [0.4, 0.5) is 17.3 Å². The smallest absolute Gasteiger partial charge is 0.337 e. The van der Waals surface area contributed by atoms with Crippen LogP contribution in [0.5, 0.6) is 0 Å². The monoisotopic (exact) mass is 362 g/mol. The maximum Gasteiger partial charge on any atom is 0.337 e. The van der Waals surface area contributed by atoms with Crippen LogP contribution >= 0.6 is 0 Å². The number of anilines is 3. The SMILES string of the molecule is COC(=O)c1ccc(NC(=O)c2ccnc(N(C)c3ccccc3)n2)cc1. The molecule has 0 spiro atoms. The Morgan fingerprint density at radius 1 is 1.00 bits per heavy atom. The molecule has 136 valence electrons. The highest BCUT2D eigenvalue weighted by Gasteiger charge is 2.13. The number of para-hydroxylation sites is 1. The summed E-state index contributed by atoms with van der Waals surface area (Å²) in [4.78, 5) is 34.3. The van der Waals surface area contributed by atoms with Crippen LogP contribution in [0.15, 0.2) is 66.9 Å². The van der Waals surface area contributed by atoms with Crippen LogP contribution in [0.1, 0.15) is 20.8 Å². The van der Waals surface area contributed by atoms with Gasteiger partial charge in [0.1, 0.15) is 5.69 Å². The zero-order valence-electron chi connectivity index (χ0n) is 14.9. The first-order valence-electron chi connectivity index (χ1n) is 8.20. The van der Waals surface area contributed by atoms with Gasteiger partial charge in [0.2, 0.25) is 5.95 Å². The van der Waals surface area contributed by atoms with Crippen LogP contribution in [0.3, 0.4) is 0 Å². The molecule has 3 aromatic rings. The minimum absolute atomic E-state index is 0.236. The van der Waals surface area contributed by atoms with Crippen molar-refractivity contribution in [2.45, 2.75) is 0 Å². The number of nitrogens with one attached hydrogen (secondary N) is 1. The summed E-state index contributed by atoms with van der Waals surface area (Å²) >= 11 is 0. The molecule has 0 fully saturated rings. The van der Waals surface area contributed by atoms with E-state index in [-0.39, 0.29) is 11.6 Å². The summed E-state index contributed by atoms with van der Waals surface area (Å²) in [6.45, 7) is 0. The van der Waals surface area contributed by atoms with E-state index in [0.29, 0.717) is 17.2 Å². The lowest BCUT2D eigenvalue weighted by Crippen LogP contribution is -2.18. The number of carbonyl (C=O) groups is 2. The van der Waals surface area contributed by atoms with E-state index in [1.54, 1.807) is 35.2 Å². The average Bonchev–Trinajstić information content (AvgIpc) is 2.74. The minimum atomic E-state index is -0.433. The molecule has 0 aliphatic heterocycles. The first-order chi connectivity index (χ1) is 13.1. The van der Waals surface area contributed by atoms with Crippen LogP contribution < -0.4 is 10.2 Å². The molecule has 0 aliphatic carbocycles. The van der Waals surface area contributed by atoms with Crippen molar-refractivity contribution in [3.8, 4) is 0 Å². The second-order valence-corrected chi connectivity index (χ2v) is 5.66. The highest BCUT2D eigenvalue weighted by atomic mass is 16.5. The Morgan fingerprint density at radius 2 is 1.70 bits per heavy atom. The molecule has 7 heteroatoms. The van der Waals surface area contributed by atoms with E-state index in [4.69, 9.17) is 0 Å². The Labute approximate surface area is 156 Å². The first kappa shape index (κ1) is 18.1. The molecule has 1 heterocycles. The number of carbonyl (C=O) groups excluding carboxylic acids is 2. The molecule has 0 saturated heterocycles. The van der Waals surface area contributed by atoms with Gasteiger partial charge >= 0.3 is 5.97 Å². The Bertz CT molecular complexity index is 943. The average molecular weight is 362 g/mol. The maximum atomic E-state index is 12.5. The number of hydrogen-bond donors (Lipinski definition) is 1. The van der Waals surface area contributed by atoms with Crippen molar-refractivity contribution < 1.29 is 14.3 Å². The predicted molar refractivity (Wildman–Crippen MR) is 102 cm³/mol. The zero-order chi connectivity index (χ0) is 19.2. The van der Waals surface area contributed by atoms with Gasteiger partial charge in [-0.3, -0.25) is 4.79 Å². The van der Waals surface area contributed by atoms with Gasteiger partial charge in [0.25, 0.3) is 5.91 Å². The van der Waals surface area contributed by atoms with Gasteiger partial charge in [-0.15, -0.1) is 0 Å². The van der Waals surface area contributed by atoms with Crippen LogP contribution in [0.25, 0.3) is 0 Å². The second kappa shape index (κ2) is 8.09. The van der Waals surface area contributed by atoms with Gasteiger partial charge in [-0.25, -0.2) is 14.8 Å². The minimum Gasteiger partial charge on any atom is -0.465 e. The quantitative estimate of drug-likeness (QED) is 0.701. The molecule has 0 radical (unpaired) electrons. The maximum absolute atomic E-state index is 12.5. The van der Waals surface area contributed by atoms with Gasteiger partial charge in [-0.2, -0.15) is 0 Å². The third kappa shape index (κ3) is 4.27. The Hall–Kier alpha value is -3.74. The van der Waals surface area contributed by atoms with Crippen LogP contribution in [0.2, 0.25) is 0 Å². The lowest BCUT2D eigenvalue weighted by molar-refractivity contribution is 0.0600. The summed E-state index contributed by atoms with van der Waals surface area (Å²) in [5.74, 6) is -0.391. The normalized spacial score (nSPS) is 10.1. The van der Waals surface area contributed by atoms with E-state index in [9.17, 15) is 9.59 Å². The fourth-order valence-electron chi connectivity index (χ4n) is 2.41. The van der Waals surface area contributed by atoms with Crippen molar-refractivity contribution >= 4 is 29.2 Å². The van der Waals surface area contributed by atoms with Crippen molar-refractivity contribution in [1.29, 1.82) is 0 Å². The summed E-state index contributed by atoms with van der Waals surface area (Å²) in [5, 5.41) is 2.75. The van der Waals surface area contributed by atoms with Crippen molar-refractivity contribution in [3.63, 3.8) is 0 Å². The van der Waals surface area contributed by atoms with Gasteiger partial charge in [-0.05, 0) is 42.5 Å². The molecular formula is C20H18N4O3. The molecule has 1 amide bonds. The molecule has 0 aliphatic rings. The molecule has 0 atom stereocenters. The molecule has 1 aromatic heterocycles. The summed E-state index contributed by atoms with van der Waals surface area (Å²) in [7, 11) is 3.15. The van der Waals surface area contributed by atoms with Gasteiger partial charge < -0.3 is 15.0 Å². The largest absolute Gasteiger partial charge is 0.465 e. The highest BCUT2D eigenvalue weighted by molar-refractivity contribution is 6.03. The number of nitrogens with zero attached hydrogens (tertiary/aromatic N) is 3. The molecule has 27 heavy (non-hydrogen) atoms. The van der Waals surface area contributed by atoms with E-state index < -0.39 is 5.97 Å². The van der Waals surface area contributed by atoms with E-state index in [2.05, 4.69) is 20.0 Å². The second-order valence-electron chi connectivity index (χ2n) is 5.66. The molecule has 0 saturated carbocycles. The third-order valence-corrected chi connectivity index (χ3v) is 3.88.